The molecule has 1 heterocycles. The van der Waals surface area contributed by atoms with Crippen LogP contribution in [-0.4, -0.2) is 44.4 Å². The number of hydrogen-bond acceptors (Lipinski definition) is 8. The van der Waals surface area contributed by atoms with Crippen LogP contribution >= 0.6 is 11.8 Å². The molecule has 0 saturated carbocycles. The Kier molecular flexibility index (Phi) is 7.46. The van der Waals surface area contributed by atoms with Crippen molar-refractivity contribution in [2.75, 3.05) is 26.6 Å². The Morgan fingerprint density at radius 3 is 2.43 bits per heavy atom. The second-order valence-corrected chi connectivity index (χ2v) is 6.67. The van der Waals surface area contributed by atoms with E-state index in [1.165, 1.54) is 14.2 Å². The van der Waals surface area contributed by atoms with Gasteiger partial charge in [-0.25, -0.2) is 0 Å². The minimum atomic E-state index is -1.22. The third-order valence-electron chi connectivity index (χ3n) is 4.10. The number of carbonyl (C=O) groups is 3. The molecule has 0 fully saturated rings. The monoisotopic (exact) mass is 404 g/mol. The summed E-state index contributed by atoms with van der Waals surface area (Å²) in [6, 6.07) is 8.87. The summed E-state index contributed by atoms with van der Waals surface area (Å²) in [5.41, 5.74) is 0.759. The molecular weight excluding hydrogens is 384 g/mol. The maximum atomic E-state index is 12.6. The first-order valence-corrected chi connectivity index (χ1v) is 9.40. The number of allylic oxidation sites excluding steroid dienone is 1. The van der Waals surface area contributed by atoms with Crippen LogP contribution in [0.15, 0.2) is 34.9 Å². The van der Waals surface area contributed by atoms with E-state index in [2.05, 4.69) is 16.1 Å². The quantitative estimate of drug-likeness (QED) is 0.540. The Balaban J connectivity index is 2.50. The highest BCUT2D eigenvalue weighted by Crippen LogP contribution is 2.40. The molecule has 1 aliphatic rings. The van der Waals surface area contributed by atoms with Crippen LogP contribution in [0.4, 0.5) is 0 Å². The van der Waals surface area contributed by atoms with Crippen LogP contribution in [-0.2, 0) is 23.9 Å². The SMILES string of the molecule is CCOc1ccc([C@@H]2C(C#N)=C(SCC(=O)OC)NC(=O)[C@H]2C(=O)OC)cc1. The maximum absolute atomic E-state index is 12.6. The Labute approximate surface area is 166 Å². The smallest absolute Gasteiger partial charge is 0.319 e. The Hall–Kier alpha value is -2.99. The third-order valence-corrected chi connectivity index (χ3v) is 5.09. The van der Waals surface area contributed by atoms with Gasteiger partial charge in [-0.2, -0.15) is 5.26 Å². The van der Waals surface area contributed by atoms with Crippen molar-refractivity contribution in [3.05, 3.63) is 40.4 Å². The van der Waals surface area contributed by atoms with Crippen molar-refractivity contribution in [3.63, 3.8) is 0 Å². The van der Waals surface area contributed by atoms with Crippen LogP contribution in [0, 0.1) is 17.2 Å². The molecule has 1 aromatic rings. The van der Waals surface area contributed by atoms with Crippen LogP contribution in [0.2, 0.25) is 0 Å². The lowest BCUT2D eigenvalue weighted by Gasteiger charge is -2.30. The summed E-state index contributed by atoms with van der Waals surface area (Å²) in [7, 11) is 2.43. The molecule has 1 N–H and O–H groups in total. The average Bonchev–Trinajstić information content (AvgIpc) is 2.71. The predicted molar refractivity (Wildman–Crippen MR) is 101 cm³/mol. The van der Waals surface area contributed by atoms with Crippen molar-refractivity contribution >= 4 is 29.6 Å². The summed E-state index contributed by atoms with van der Waals surface area (Å²) < 4.78 is 14.8. The van der Waals surface area contributed by atoms with E-state index in [9.17, 15) is 19.6 Å². The van der Waals surface area contributed by atoms with E-state index >= 15 is 0 Å². The Morgan fingerprint density at radius 2 is 1.89 bits per heavy atom. The van der Waals surface area contributed by atoms with E-state index < -0.39 is 29.7 Å². The van der Waals surface area contributed by atoms with E-state index in [1.54, 1.807) is 24.3 Å². The lowest BCUT2D eigenvalue weighted by molar-refractivity contribution is -0.150. The summed E-state index contributed by atoms with van der Waals surface area (Å²) >= 11 is 0.971. The molecule has 0 aliphatic carbocycles. The standard InChI is InChI=1S/C19H20N2O6S/c1-4-27-12-7-5-11(6-8-12)15-13(9-20)18(28-10-14(22)25-2)21-17(23)16(15)19(24)26-3/h5-8,15-16H,4,10H2,1-3H3,(H,21,23)/t15-,16+/m1/s1. The lowest BCUT2D eigenvalue weighted by atomic mass is 9.78. The van der Waals surface area contributed by atoms with Gasteiger partial charge in [-0.3, -0.25) is 14.4 Å². The predicted octanol–water partition coefficient (Wildman–Crippen LogP) is 1.73. The normalized spacial score (nSPS) is 18.7. The van der Waals surface area contributed by atoms with Gasteiger partial charge in [0.05, 0.1) is 43.3 Å². The summed E-state index contributed by atoms with van der Waals surface area (Å²) in [6.07, 6.45) is 0. The zero-order valence-corrected chi connectivity index (χ0v) is 16.5. The molecule has 9 heteroatoms. The first kappa shape index (κ1) is 21.3. The number of ether oxygens (including phenoxy) is 3. The van der Waals surface area contributed by atoms with Gasteiger partial charge in [0, 0.05) is 5.92 Å². The number of rotatable bonds is 7. The number of benzene rings is 1. The number of esters is 2. The van der Waals surface area contributed by atoms with Gasteiger partial charge in [0.15, 0.2) is 0 Å². The fraction of sp³-hybridized carbons (Fsp3) is 0.368. The van der Waals surface area contributed by atoms with E-state index in [0.29, 0.717) is 17.9 Å². The molecule has 28 heavy (non-hydrogen) atoms. The molecule has 8 nitrogen and oxygen atoms in total. The number of amides is 1. The van der Waals surface area contributed by atoms with Gasteiger partial charge in [-0.1, -0.05) is 23.9 Å². The van der Waals surface area contributed by atoms with Crippen LogP contribution < -0.4 is 10.1 Å². The number of nitrogens with one attached hydrogen (secondary N) is 1. The topological polar surface area (TPSA) is 115 Å². The van der Waals surface area contributed by atoms with Crippen LogP contribution in [0.3, 0.4) is 0 Å². The Morgan fingerprint density at radius 1 is 1.21 bits per heavy atom. The molecule has 1 amide bonds. The molecular formula is C19H20N2O6S. The van der Waals surface area contributed by atoms with Gasteiger partial charge in [0.1, 0.15) is 11.7 Å². The maximum Gasteiger partial charge on any atom is 0.319 e. The molecule has 0 spiro atoms. The van der Waals surface area contributed by atoms with Crippen LogP contribution in [0.1, 0.15) is 18.4 Å². The van der Waals surface area contributed by atoms with Crippen molar-refractivity contribution in [3.8, 4) is 11.8 Å². The highest BCUT2D eigenvalue weighted by Gasteiger charge is 2.44. The molecule has 0 aromatic heterocycles. The minimum absolute atomic E-state index is 0.0871. The summed E-state index contributed by atoms with van der Waals surface area (Å²) in [4.78, 5) is 36.4. The number of methoxy groups -OCH3 is 2. The number of hydrogen-bond donors (Lipinski definition) is 1. The van der Waals surface area contributed by atoms with Crippen LogP contribution in [0.5, 0.6) is 5.75 Å². The molecule has 148 valence electrons. The second kappa shape index (κ2) is 9.80. The summed E-state index contributed by atoms with van der Waals surface area (Å²) in [5, 5.41) is 12.5. The number of carbonyl (C=O) groups excluding carboxylic acids is 3. The summed E-state index contributed by atoms with van der Waals surface area (Å²) in [6.45, 7) is 2.35. The van der Waals surface area contributed by atoms with Crippen molar-refractivity contribution in [2.45, 2.75) is 12.8 Å². The van der Waals surface area contributed by atoms with Crippen LogP contribution in [0.25, 0.3) is 0 Å². The molecule has 0 unspecified atom stereocenters. The van der Waals surface area contributed by atoms with Crippen molar-refractivity contribution in [1.82, 2.24) is 5.32 Å². The fourth-order valence-corrected chi connectivity index (χ4v) is 3.69. The first-order valence-electron chi connectivity index (χ1n) is 8.42. The number of nitriles is 1. The first-order chi connectivity index (χ1) is 13.5. The largest absolute Gasteiger partial charge is 0.494 e. The molecule has 0 bridgehead atoms. The van der Waals surface area contributed by atoms with Gasteiger partial charge in [0.25, 0.3) is 0 Å². The van der Waals surface area contributed by atoms with Gasteiger partial charge in [-0.05, 0) is 24.6 Å². The van der Waals surface area contributed by atoms with Crippen molar-refractivity contribution in [1.29, 1.82) is 5.26 Å². The van der Waals surface area contributed by atoms with E-state index in [4.69, 9.17) is 9.47 Å². The van der Waals surface area contributed by atoms with Gasteiger partial charge in [0.2, 0.25) is 5.91 Å². The van der Waals surface area contributed by atoms with Gasteiger partial charge < -0.3 is 19.5 Å². The second-order valence-electron chi connectivity index (χ2n) is 5.69. The summed E-state index contributed by atoms with van der Waals surface area (Å²) in [5.74, 6) is -3.38. The van der Waals surface area contributed by atoms with Gasteiger partial charge >= 0.3 is 11.9 Å². The third kappa shape index (κ3) is 4.64. The molecule has 1 aromatic carbocycles. The molecule has 0 radical (unpaired) electrons. The highest BCUT2D eigenvalue weighted by molar-refractivity contribution is 8.03. The van der Waals surface area contributed by atoms with E-state index in [-0.39, 0.29) is 16.4 Å². The van der Waals surface area contributed by atoms with E-state index in [1.807, 2.05) is 6.92 Å². The fourth-order valence-electron chi connectivity index (χ4n) is 2.81. The molecule has 0 saturated heterocycles. The zero-order chi connectivity index (χ0) is 20.7. The van der Waals surface area contributed by atoms with E-state index in [0.717, 1.165) is 11.8 Å². The molecule has 1 aliphatic heterocycles. The lowest BCUT2D eigenvalue weighted by Crippen LogP contribution is -2.44. The zero-order valence-electron chi connectivity index (χ0n) is 15.7. The highest BCUT2D eigenvalue weighted by atomic mass is 32.2. The van der Waals surface area contributed by atoms with Crippen molar-refractivity contribution < 1.29 is 28.6 Å². The van der Waals surface area contributed by atoms with Gasteiger partial charge in [-0.15, -0.1) is 0 Å². The minimum Gasteiger partial charge on any atom is -0.494 e. The number of nitrogens with zero attached hydrogens (tertiary/aromatic N) is 1. The number of thioether (sulfide) groups is 1. The molecule has 2 rings (SSSR count). The van der Waals surface area contributed by atoms with Crippen molar-refractivity contribution in [2.24, 2.45) is 5.92 Å². The Bertz CT molecular complexity index is 828. The molecule has 2 atom stereocenters. The average molecular weight is 404 g/mol.